The summed E-state index contributed by atoms with van der Waals surface area (Å²) in [5.41, 5.74) is 1.28. The lowest BCUT2D eigenvalue weighted by molar-refractivity contribution is 0.249. The topological polar surface area (TPSA) is 16.1 Å². The number of rotatable bonds is 2. The van der Waals surface area contributed by atoms with Crippen LogP contribution in [0.1, 0.15) is 29.5 Å². The van der Waals surface area contributed by atoms with Crippen molar-refractivity contribution < 1.29 is 0 Å². The minimum absolute atomic E-state index is 0.652. The molecular formula is C10H16N2S2. The monoisotopic (exact) mass is 228 g/mol. The normalized spacial score (nSPS) is 24.0. The van der Waals surface area contributed by atoms with Gasteiger partial charge in [-0.15, -0.1) is 11.3 Å². The Balaban J connectivity index is 2.06. The first-order chi connectivity index (χ1) is 6.79. The van der Waals surface area contributed by atoms with Crippen molar-refractivity contribution in [2.45, 2.75) is 24.5 Å². The zero-order chi connectivity index (χ0) is 9.97. The van der Waals surface area contributed by atoms with Crippen LogP contribution in [0.3, 0.4) is 0 Å². The summed E-state index contributed by atoms with van der Waals surface area (Å²) in [6.45, 7) is 2.40. The fraction of sp³-hybridized carbons (Fsp3) is 0.700. The van der Waals surface area contributed by atoms with Gasteiger partial charge in [0.15, 0.2) is 0 Å². The molecule has 0 aromatic carbocycles. The van der Waals surface area contributed by atoms with Gasteiger partial charge in [-0.25, -0.2) is 4.98 Å². The first-order valence-electron chi connectivity index (χ1n) is 5.03. The summed E-state index contributed by atoms with van der Waals surface area (Å²) in [6, 6.07) is 0. The summed E-state index contributed by atoms with van der Waals surface area (Å²) < 4.78 is 0. The minimum atomic E-state index is 0.652. The maximum Gasteiger partial charge on any atom is 0.102 e. The van der Waals surface area contributed by atoms with Crippen molar-refractivity contribution in [1.82, 2.24) is 9.88 Å². The molecule has 1 unspecified atom stereocenters. The van der Waals surface area contributed by atoms with E-state index in [2.05, 4.69) is 34.9 Å². The third kappa shape index (κ3) is 2.30. The van der Waals surface area contributed by atoms with Gasteiger partial charge < -0.3 is 4.90 Å². The number of likely N-dealkylation sites (tertiary alicyclic amines) is 1. The molecule has 0 bridgehead atoms. The zero-order valence-electron chi connectivity index (χ0n) is 8.44. The first kappa shape index (κ1) is 10.5. The lowest BCUT2D eigenvalue weighted by Gasteiger charge is -2.28. The standard InChI is InChI=1S/C10H16N2S2/c1-12-4-2-3-8(5-12)9-7-14-10(6-13)11-9/h7-8,13H,2-6H2,1H3. The highest BCUT2D eigenvalue weighted by Crippen LogP contribution is 2.27. The third-order valence-corrected chi connectivity index (χ3v) is 4.13. The Hall–Kier alpha value is -0.0600. The smallest absolute Gasteiger partial charge is 0.102 e. The van der Waals surface area contributed by atoms with Crippen LogP contribution in [0.2, 0.25) is 0 Å². The summed E-state index contributed by atoms with van der Waals surface area (Å²) in [7, 11) is 2.19. The van der Waals surface area contributed by atoms with Crippen LogP contribution in [-0.2, 0) is 5.75 Å². The van der Waals surface area contributed by atoms with Crippen LogP contribution in [0.15, 0.2) is 5.38 Å². The molecule has 1 saturated heterocycles. The highest BCUT2D eigenvalue weighted by atomic mass is 32.1. The fourth-order valence-electron chi connectivity index (χ4n) is 1.99. The molecule has 0 N–H and O–H groups in total. The molecule has 14 heavy (non-hydrogen) atoms. The van der Waals surface area contributed by atoms with Gasteiger partial charge in [-0.3, -0.25) is 0 Å². The lowest BCUT2D eigenvalue weighted by atomic mass is 9.96. The molecule has 4 heteroatoms. The molecule has 2 heterocycles. The number of hydrogen-bond donors (Lipinski definition) is 1. The summed E-state index contributed by atoms with van der Waals surface area (Å²) in [5, 5.41) is 3.35. The van der Waals surface area contributed by atoms with Crippen molar-refractivity contribution in [2.75, 3.05) is 20.1 Å². The molecular weight excluding hydrogens is 212 g/mol. The van der Waals surface area contributed by atoms with Gasteiger partial charge in [0, 0.05) is 23.6 Å². The van der Waals surface area contributed by atoms with Gasteiger partial charge >= 0.3 is 0 Å². The molecule has 0 amide bonds. The fourth-order valence-corrected chi connectivity index (χ4v) is 3.02. The lowest BCUT2D eigenvalue weighted by Crippen LogP contribution is -2.30. The van der Waals surface area contributed by atoms with Gasteiger partial charge in [-0.1, -0.05) is 0 Å². The van der Waals surface area contributed by atoms with Crippen molar-refractivity contribution in [2.24, 2.45) is 0 Å². The van der Waals surface area contributed by atoms with Crippen molar-refractivity contribution in [1.29, 1.82) is 0 Å². The molecule has 0 radical (unpaired) electrons. The second-order valence-corrected chi connectivity index (χ2v) is 5.18. The number of thiazole rings is 1. The molecule has 1 aromatic heterocycles. The van der Waals surface area contributed by atoms with E-state index in [9.17, 15) is 0 Å². The Kier molecular flexibility index (Phi) is 3.47. The Morgan fingerprint density at radius 2 is 2.57 bits per heavy atom. The number of nitrogens with zero attached hydrogens (tertiary/aromatic N) is 2. The number of thiol groups is 1. The van der Waals surface area contributed by atoms with Crippen molar-refractivity contribution in [3.05, 3.63) is 16.1 Å². The second kappa shape index (κ2) is 4.64. The molecule has 0 spiro atoms. The van der Waals surface area contributed by atoms with Crippen molar-refractivity contribution in [3.63, 3.8) is 0 Å². The summed E-state index contributed by atoms with van der Waals surface area (Å²) in [5.74, 6) is 1.42. The van der Waals surface area contributed by atoms with E-state index >= 15 is 0 Å². The van der Waals surface area contributed by atoms with Crippen LogP contribution in [-0.4, -0.2) is 30.0 Å². The van der Waals surface area contributed by atoms with E-state index in [0.29, 0.717) is 5.92 Å². The van der Waals surface area contributed by atoms with Gasteiger partial charge in [0.25, 0.3) is 0 Å². The second-order valence-electron chi connectivity index (χ2n) is 3.93. The quantitative estimate of drug-likeness (QED) is 0.782. The predicted molar refractivity (Wildman–Crippen MR) is 64.3 cm³/mol. The molecule has 1 aliphatic heterocycles. The number of aromatic nitrogens is 1. The van der Waals surface area contributed by atoms with E-state index in [1.807, 2.05) is 0 Å². The van der Waals surface area contributed by atoms with Crippen LogP contribution in [0.4, 0.5) is 0 Å². The molecule has 0 saturated carbocycles. The molecule has 2 nitrogen and oxygen atoms in total. The SMILES string of the molecule is CN1CCCC(c2csc(CS)n2)C1. The molecule has 2 rings (SSSR count). The average Bonchev–Trinajstić information content (AvgIpc) is 2.66. The van der Waals surface area contributed by atoms with Crippen LogP contribution >= 0.6 is 24.0 Å². The van der Waals surface area contributed by atoms with Gasteiger partial charge in [-0.05, 0) is 26.4 Å². The molecule has 0 aliphatic carbocycles. The van der Waals surface area contributed by atoms with E-state index in [0.717, 1.165) is 17.3 Å². The largest absolute Gasteiger partial charge is 0.306 e. The maximum atomic E-state index is 4.60. The van der Waals surface area contributed by atoms with Gasteiger partial charge in [0.05, 0.1) is 5.69 Å². The zero-order valence-corrected chi connectivity index (χ0v) is 10.2. The van der Waals surface area contributed by atoms with Crippen LogP contribution in [0, 0.1) is 0 Å². The van der Waals surface area contributed by atoms with E-state index in [4.69, 9.17) is 0 Å². The molecule has 78 valence electrons. The maximum absolute atomic E-state index is 4.60. The molecule has 1 fully saturated rings. The highest BCUT2D eigenvalue weighted by Gasteiger charge is 2.20. The molecule has 1 aliphatic rings. The Morgan fingerprint density at radius 3 is 3.21 bits per heavy atom. The highest BCUT2D eigenvalue weighted by molar-refractivity contribution is 7.79. The summed E-state index contributed by atoms with van der Waals surface area (Å²) >= 11 is 5.98. The number of likely N-dealkylation sites (N-methyl/N-ethyl adjacent to an activating group) is 1. The third-order valence-electron chi connectivity index (χ3n) is 2.75. The Labute approximate surface area is 94.8 Å². The van der Waals surface area contributed by atoms with Gasteiger partial charge in [0.2, 0.25) is 0 Å². The minimum Gasteiger partial charge on any atom is -0.306 e. The number of hydrogen-bond acceptors (Lipinski definition) is 4. The Morgan fingerprint density at radius 1 is 1.71 bits per heavy atom. The van der Waals surface area contributed by atoms with Gasteiger partial charge in [-0.2, -0.15) is 12.6 Å². The van der Waals surface area contributed by atoms with Crippen LogP contribution in [0.25, 0.3) is 0 Å². The van der Waals surface area contributed by atoms with Gasteiger partial charge in [0.1, 0.15) is 5.01 Å². The summed E-state index contributed by atoms with van der Waals surface area (Å²) in [4.78, 5) is 7.00. The van der Waals surface area contributed by atoms with E-state index in [1.54, 1.807) is 11.3 Å². The first-order valence-corrected chi connectivity index (χ1v) is 6.54. The predicted octanol–water partition coefficient (Wildman–Crippen LogP) is 2.38. The van der Waals surface area contributed by atoms with E-state index in [-0.39, 0.29) is 0 Å². The van der Waals surface area contributed by atoms with Crippen LogP contribution < -0.4 is 0 Å². The molecule has 1 atom stereocenters. The average molecular weight is 228 g/mol. The summed E-state index contributed by atoms with van der Waals surface area (Å²) in [6.07, 6.45) is 2.59. The van der Waals surface area contributed by atoms with Crippen LogP contribution in [0.5, 0.6) is 0 Å². The number of piperidine rings is 1. The molecule has 1 aromatic rings. The van der Waals surface area contributed by atoms with Crippen molar-refractivity contribution in [3.8, 4) is 0 Å². The van der Waals surface area contributed by atoms with Crippen molar-refractivity contribution >= 4 is 24.0 Å². The van der Waals surface area contributed by atoms with E-state index < -0.39 is 0 Å². The Bertz CT molecular complexity index is 298. The van der Waals surface area contributed by atoms with E-state index in [1.165, 1.54) is 25.1 Å².